The van der Waals surface area contributed by atoms with Crippen molar-refractivity contribution in [3.05, 3.63) is 44.6 Å². The molecule has 1 aromatic carbocycles. The van der Waals surface area contributed by atoms with E-state index in [-0.39, 0.29) is 6.54 Å². The van der Waals surface area contributed by atoms with Gasteiger partial charge in [0.2, 0.25) is 0 Å². The number of benzene rings is 1. The molecule has 0 fully saturated rings. The molecule has 0 radical (unpaired) electrons. The first kappa shape index (κ1) is 14.6. The van der Waals surface area contributed by atoms with E-state index >= 15 is 0 Å². The maximum absolute atomic E-state index is 12.1. The van der Waals surface area contributed by atoms with Crippen LogP contribution in [0.5, 0.6) is 0 Å². The lowest BCUT2D eigenvalue weighted by Crippen LogP contribution is -2.20. The lowest BCUT2D eigenvalue weighted by molar-refractivity contribution is 0.145. The summed E-state index contributed by atoms with van der Waals surface area (Å²) >= 11 is 5.06. The standard InChI is InChI=1S/C14H14BrF2NS/c1-9-14(10-2-4-12(15)5-3-10)11(8-19-9)6-18-7-13(16)17/h2-5,8,13,18H,6-7H2,1H3. The van der Waals surface area contributed by atoms with E-state index < -0.39 is 6.43 Å². The lowest BCUT2D eigenvalue weighted by atomic mass is 10.0. The smallest absolute Gasteiger partial charge is 0.250 e. The quantitative estimate of drug-likeness (QED) is 0.817. The Morgan fingerprint density at radius 1 is 1.26 bits per heavy atom. The fourth-order valence-corrected chi connectivity index (χ4v) is 3.11. The molecule has 0 unspecified atom stereocenters. The zero-order valence-electron chi connectivity index (χ0n) is 10.4. The van der Waals surface area contributed by atoms with Gasteiger partial charge in [-0.25, -0.2) is 8.78 Å². The molecule has 0 aliphatic heterocycles. The van der Waals surface area contributed by atoms with Gasteiger partial charge in [-0.05, 0) is 41.1 Å². The first-order valence-corrected chi connectivity index (χ1v) is 7.57. The molecular formula is C14H14BrF2NS. The van der Waals surface area contributed by atoms with E-state index in [1.165, 1.54) is 4.88 Å². The zero-order valence-corrected chi connectivity index (χ0v) is 12.8. The molecule has 0 aliphatic rings. The van der Waals surface area contributed by atoms with E-state index in [2.05, 4.69) is 28.2 Å². The van der Waals surface area contributed by atoms with Gasteiger partial charge in [0.05, 0.1) is 6.54 Å². The molecular weight excluding hydrogens is 332 g/mol. The predicted octanol–water partition coefficient (Wildman–Crippen LogP) is 4.84. The monoisotopic (exact) mass is 345 g/mol. The van der Waals surface area contributed by atoms with Gasteiger partial charge < -0.3 is 5.32 Å². The van der Waals surface area contributed by atoms with Gasteiger partial charge in [-0.1, -0.05) is 28.1 Å². The molecule has 1 heterocycles. The fraction of sp³-hybridized carbons (Fsp3) is 0.286. The number of rotatable bonds is 5. The summed E-state index contributed by atoms with van der Waals surface area (Å²) in [5.74, 6) is 0. The Morgan fingerprint density at radius 3 is 2.58 bits per heavy atom. The Kier molecular flexibility index (Phi) is 5.07. The maximum atomic E-state index is 12.1. The molecule has 0 atom stereocenters. The summed E-state index contributed by atoms with van der Waals surface area (Å²) in [6.07, 6.45) is -2.31. The number of alkyl halides is 2. The molecule has 2 aromatic rings. The van der Waals surface area contributed by atoms with Crippen LogP contribution in [0.2, 0.25) is 0 Å². The van der Waals surface area contributed by atoms with Crippen LogP contribution in [0.3, 0.4) is 0 Å². The largest absolute Gasteiger partial charge is 0.307 e. The average Bonchev–Trinajstić information content (AvgIpc) is 2.72. The fourth-order valence-electron chi connectivity index (χ4n) is 1.95. The predicted molar refractivity (Wildman–Crippen MR) is 79.9 cm³/mol. The van der Waals surface area contributed by atoms with E-state index in [1.807, 2.05) is 29.6 Å². The van der Waals surface area contributed by atoms with Crippen molar-refractivity contribution in [3.63, 3.8) is 0 Å². The van der Waals surface area contributed by atoms with E-state index in [0.717, 1.165) is 21.2 Å². The zero-order chi connectivity index (χ0) is 13.8. The van der Waals surface area contributed by atoms with Gasteiger partial charge in [0.1, 0.15) is 0 Å². The molecule has 0 bridgehead atoms. The minimum Gasteiger partial charge on any atom is -0.307 e. The summed E-state index contributed by atoms with van der Waals surface area (Å²) in [6.45, 7) is 2.26. The van der Waals surface area contributed by atoms with Gasteiger partial charge in [-0.15, -0.1) is 11.3 Å². The number of halogens is 3. The highest BCUT2D eigenvalue weighted by Crippen LogP contribution is 2.33. The van der Waals surface area contributed by atoms with Gasteiger partial charge in [-0.2, -0.15) is 0 Å². The van der Waals surface area contributed by atoms with E-state index in [9.17, 15) is 8.78 Å². The Bertz CT molecular complexity index is 537. The second kappa shape index (κ2) is 6.59. The van der Waals surface area contributed by atoms with Crippen LogP contribution in [0.4, 0.5) is 8.78 Å². The molecule has 102 valence electrons. The van der Waals surface area contributed by atoms with Crippen molar-refractivity contribution in [3.8, 4) is 11.1 Å². The minimum absolute atomic E-state index is 0.269. The van der Waals surface area contributed by atoms with Gasteiger partial charge in [-0.3, -0.25) is 0 Å². The van der Waals surface area contributed by atoms with Gasteiger partial charge in [0.25, 0.3) is 6.43 Å². The van der Waals surface area contributed by atoms with Crippen LogP contribution in [0.25, 0.3) is 11.1 Å². The highest BCUT2D eigenvalue weighted by Gasteiger charge is 2.11. The molecule has 2 rings (SSSR count). The number of hydrogen-bond donors (Lipinski definition) is 1. The molecule has 0 saturated heterocycles. The number of aryl methyl sites for hydroxylation is 1. The number of hydrogen-bond acceptors (Lipinski definition) is 2. The van der Waals surface area contributed by atoms with Crippen LogP contribution in [-0.4, -0.2) is 13.0 Å². The molecule has 1 aromatic heterocycles. The van der Waals surface area contributed by atoms with Crippen LogP contribution in [0, 0.1) is 6.92 Å². The third-order valence-electron chi connectivity index (χ3n) is 2.80. The van der Waals surface area contributed by atoms with Gasteiger partial charge in [0.15, 0.2) is 0 Å². The molecule has 0 amide bonds. The molecule has 0 aliphatic carbocycles. The molecule has 1 N–H and O–H groups in total. The molecule has 19 heavy (non-hydrogen) atoms. The summed E-state index contributed by atoms with van der Waals surface area (Å²) in [5, 5.41) is 4.82. The normalized spacial score (nSPS) is 11.2. The second-order valence-corrected chi connectivity index (χ2v) is 6.22. The SMILES string of the molecule is Cc1scc(CNCC(F)F)c1-c1ccc(Br)cc1. The Morgan fingerprint density at radius 2 is 1.95 bits per heavy atom. The maximum Gasteiger partial charge on any atom is 0.250 e. The van der Waals surface area contributed by atoms with Crippen LogP contribution >= 0.6 is 27.3 Å². The first-order chi connectivity index (χ1) is 9.08. The third-order valence-corrected chi connectivity index (χ3v) is 4.29. The highest BCUT2D eigenvalue weighted by atomic mass is 79.9. The first-order valence-electron chi connectivity index (χ1n) is 5.89. The van der Waals surface area contributed by atoms with Crippen molar-refractivity contribution in [2.45, 2.75) is 19.9 Å². The third kappa shape index (κ3) is 3.84. The lowest BCUT2D eigenvalue weighted by Gasteiger charge is -2.08. The van der Waals surface area contributed by atoms with Crippen LogP contribution in [0.1, 0.15) is 10.4 Å². The molecule has 0 saturated carbocycles. The number of nitrogens with one attached hydrogen (secondary N) is 1. The molecule has 5 heteroatoms. The van der Waals surface area contributed by atoms with Crippen molar-refractivity contribution >= 4 is 27.3 Å². The Labute approximate surface area is 123 Å². The summed E-state index contributed by atoms with van der Waals surface area (Å²) < 4.78 is 25.3. The van der Waals surface area contributed by atoms with Crippen molar-refractivity contribution < 1.29 is 8.78 Å². The summed E-state index contributed by atoms with van der Waals surface area (Å²) in [5.41, 5.74) is 3.35. The van der Waals surface area contributed by atoms with Crippen molar-refractivity contribution in [2.24, 2.45) is 0 Å². The van der Waals surface area contributed by atoms with Crippen LogP contribution < -0.4 is 5.32 Å². The molecule has 1 nitrogen and oxygen atoms in total. The minimum atomic E-state index is -2.31. The average molecular weight is 346 g/mol. The molecule has 0 spiro atoms. The highest BCUT2D eigenvalue weighted by molar-refractivity contribution is 9.10. The summed E-state index contributed by atoms with van der Waals surface area (Å²) in [6, 6.07) is 8.05. The Hall–Kier alpha value is -0.780. The number of thiophene rings is 1. The topological polar surface area (TPSA) is 12.0 Å². The van der Waals surface area contributed by atoms with E-state index in [4.69, 9.17) is 0 Å². The second-order valence-electron chi connectivity index (χ2n) is 4.22. The van der Waals surface area contributed by atoms with Gasteiger partial charge in [0, 0.05) is 15.9 Å². The van der Waals surface area contributed by atoms with Crippen molar-refractivity contribution in [1.29, 1.82) is 0 Å². The Balaban J connectivity index is 2.20. The van der Waals surface area contributed by atoms with Crippen LogP contribution in [0.15, 0.2) is 34.1 Å². The summed E-state index contributed by atoms with van der Waals surface area (Å²) in [7, 11) is 0. The van der Waals surface area contributed by atoms with Crippen molar-refractivity contribution in [2.75, 3.05) is 6.54 Å². The van der Waals surface area contributed by atoms with E-state index in [1.54, 1.807) is 11.3 Å². The van der Waals surface area contributed by atoms with E-state index in [0.29, 0.717) is 6.54 Å². The van der Waals surface area contributed by atoms with Crippen LogP contribution in [-0.2, 0) is 6.54 Å². The van der Waals surface area contributed by atoms with Crippen molar-refractivity contribution in [1.82, 2.24) is 5.32 Å². The summed E-state index contributed by atoms with van der Waals surface area (Å²) in [4.78, 5) is 1.20. The van der Waals surface area contributed by atoms with Gasteiger partial charge >= 0.3 is 0 Å².